The second-order valence-electron chi connectivity index (χ2n) is 5.32. The zero-order valence-corrected chi connectivity index (χ0v) is 12.4. The third kappa shape index (κ3) is 4.69. The van der Waals surface area contributed by atoms with Crippen LogP contribution in [0.4, 0.5) is 0 Å². The summed E-state index contributed by atoms with van der Waals surface area (Å²) in [4.78, 5) is 0. The lowest BCUT2D eigenvalue weighted by Crippen LogP contribution is -2.30. The zero-order chi connectivity index (χ0) is 13.5. The summed E-state index contributed by atoms with van der Waals surface area (Å²) in [5.41, 5.74) is 1.29. The minimum atomic E-state index is 0.235. The Bertz CT molecular complexity index is 349. The molecular formula is C16H27NO. The molecule has 1 aromatic carbocycles. The Balaban J connectivity index is 2.61. The van der Waals surface area contributed by atoms with Gasteiger partial charge >= 0.3 is 0 Å². The third-order valence-electron chi connectivity index (χ3n) is 3.11. The molecule has 0 amide bonds. The van der Waals surface area contributed by atoms with Crippen LogP contribution < -0.4 is 10.1 Å². The van der Waals surface area contributed by atoms with Crippen molar-refractivity contribution in [3.8, 4) is 5.75 Å². The van der Waals surface area contributed by atoms with Crippen LogP contribution in [0.2, 0.25) is 0 Å². The molecule has 1 N–H and O–H groups in total. The first-order valence-electron chi connectivity index (χ1n) is 7.03. The number of rotatable bonds is 7. The maximum absolute atomic E-state index is 6.08. The molecule has 0 bridgehead atoms. The van der Waals surface area contributed by atoms with Gasteiger partial charge < -0.3 is 10.1 Å². The molecule has 0 aliphatic carbocycles. The van der Waals surface area contributed by atoms with Crippen LogP contribution in [0.15, 0.2) is 24.3 Å². The topological polar surface area (TPSA) is 21.3 Å². The van der Waals surface area contributed by atoms with E-state index in [1.54, 1.807) is 0 Å². The standard InChI is InChI=1S/C16H27NO/c1-6-17-13(4)11-14(5)18-16-10-8-7-9-15(16)12(2)3/h7-10,12-14,17H,6,11H2,1-5H3. The molecule has 0 heterocycles. The van der Waals surface area contributed by atoms with Gasteiger partial charge in [0.15, 0.2) is 0 Å². The Labute approximate surface area is 112 Å². The highest BCUT2D eigenvalue weighted by Gasteiger charge is 2.12. The Morgan fingerprint density at radius 2 is 1.78 bits per heavy atom. The van der Waals surface area contributed by atoms with E-state index in [1.807, 2.05) is 6.07 Å². The summed E-state index contributed by atoms with van der Waals surface area (Å²) in [5.74, 6) is 1.53. The van der Waals surface area contributed by atoms with Gasteiger partial charge in [-0.2, -0.15) is 0 Å². The monoisotopic (exact) mass is 249 g/mol. The van der Waals surface area contributed by atoms with Gasteiger partial charge in [-0.25, -0.2) is 0 Å². The molecule has 102 valence electrons. The molecule has 2 unspecified atom stereocenters. The van der Waals surface area contributed by atoms with Gasteiger partial charge in [-0.3, -0.25) is 0 Å². The largest absolute Gasteiger partial charge is 0.490 e. The maximum Gasteiger partial charge on any atom is 0.123 e. The van der Waals surface area contributed by atoms with Crippen LogP contribution in [0.25, 0.3) is 0 Å². The highest BCUT2D eigenvalue weighted by atomic mass is 16.5. The first-order chi connectivity index (χ1) is 8.54. The molecule has 0 spiro atoms. The minimum absolute atomic E-state index is 0.235. The minimum Gasteiger partial charge on any atom is -0.490 e. The number of ether oxygens (including phenoxy) is 1. The van der Waals surface area contributed by atoms with E-state index in [4.69, 9.17) is 4.74 Å². The maximum atomic E-state index is 6.08. The van der Waals surface area contributed by atoms with Gasteiger partial charge in [0.25, 0.3) is 0 Å². The Morgan fingerprint density at radius 1 is 1.11 bits per heavy atom. The average molecular weight is 249 g/mol. The van der Waals surface area contributed by atoms with E-state index in [9.17, 15) is 0 Å². The van der Waals surface area contributed by atoms with Crippen molar-refractivity contribution in [2.24, 2.45) is 0 Å². The van der Waals surface area contributed by atoms with Crippen molar-refractivity contribution in [2.75, 3.05) is 6.54 Å². The van der Waals surface area contributed by atoms with Crippen molar-refractivity contribution in [1.29, 1.82) is 0 Å². The Morgan fingerprint density at radius 3 is 2.39 bits per heavy atom. The molecule has 0 aliphatic heterocycles. The summed E-state index contributed by atoms with van der Waals surface area (Å²) in [6, 6.07) is 8.84. The van der Waals surface area contributed by atoms with Crippen LogP contribution in [0, 0.1) is 0 Å². The Hall–Kier alpha value is -1.02. The predicted octanol–water partition coefficient (Wildman–Crippen LogP) is 3.97. The quantitative estimate of drug-likeness (QED) is 0.789. The second kappa shape index (κ2) is 7.42. The molecule has 2 nitrogen and oxygen atoms in total. The van der Waals surface area contributed by atoms with E-state index < -0.39 is 0 Å². The highest BCUT2D eigenvalue weighted by molar-refractivity contribution is 5.35. The molecule has 18 heavy (non-hydrogen) atoms. The number of hydrogen-bond acceptors (Lipinski definition) is 2. The number of para-hydroxylation sites is 1. The molecule has 0 aromatic heterocycles. The van der Waals surface area contributed by atoms with Gasteiger partial charge in [-0.15, -0.1) is 0 Å². The first-order valence-corrected chi connectivity index (χ1v) is 7.03. The molecule has 0 saturated carbocycles. The molecule has 0 aliphatic rings. The summed E-state index contributed by atoms with van der Waals surface area (Å²) in [6.45, 7) is 11.9. The van der Waals surface area contributed by atoms with Crippen molar-refractivity contribution in [3.05, 3.63) is 29.8 Å². The lowest BCUT2D eigenvalue weighted by Gasteiger charge is -2.22. The molecular weight excluding hydrogens is 222 g/mol. The smallest absolute Gasteiger partial charge is 0.123 e. The van der Waals surface area contributed by atoms with Gasteiger partial charge in [0.2, 0.25) is 0 Å². The van der Waals surface area contributed by atoms with Crippen molar-refractivity contribution in [3.63, 3.8) is 0 Å². The Kier molecular flexibility index (Phi) is 6.20. The fraction of sp³-hybridized carbons (Fsp3) is 0.625. The van der Waals surface area contributed by atoms with E-state index in [0.717, 1.165) is 18.7 Å². The SMILES string of the molecule is CCNC(C)CC(C)Oc1ccccc1C(C)C. The van der Waals surface area contributed by atoms with Crippen molar-refractivity contribution < 1.29 is 4.74 Å². The van der Waals surface area contributed by atoms with Gasteiger partial charge in [0.05, 0.1) is 6.10 Å². The van der Waals surface area contributed by atoms with Crippen LogP contribution >= 0.6 is 0 Å². The summed E-state index contributed by atoms with van der Waals surface area (Å²) in [7, 11) is 0. The van der Waals surface area contributed by atoms with Crippen molar-refractivity contribution in [1.82, 2.24) is 5.32 Å². The van der Waals surface area contributed by atoms with E-state index in [-0.39, 0.29) is 6.10 Å². The van der Waals surface area contributed by atoms with Crippen LogP contribution in [-0.4, -0.2) is 18.7 Å². The van der Waals surface area contributed by atoms with E-state index in [1.165, 1.54) is 5.56 Å². The lowest BCUT2D eigenvalue weighted by molar-refractivity contribution is 0.194. The van der Waals surface area contributed by atoms with Crippen LogP contribution in [0.3, 0.4) is 0 Å². The van der Waals surface area contributed by atoms with E-state index >= 15 is 0 Å². The summed E-state index contributed by atoms with van der Waals surface area (Å²) >= 11 is 0. The van der Waals surface area contributed by atoms with Gasteiger partial charge in [-0.1, -0.05) is 39.0 Å². The summed E-state index contributed by atoms with van der Waals surface area (Å²) in [6.07, 6.45) is 1.26. The first kappa shape index (κ1) is 15.0. The number of hydrogen-bond donors (Lipinski definition) is 1. The van der Waals surface area contributed by atoms with Crippen LogP contribution in [-0.2, 0) is 0 Å². The molecule has 2 atom stereocenters. The van der Waals surface area contributed by atoms with E-state index in [2.05, 4.69) is 58.1 Å². The summed E-state index contributed by atoms with van der Waals surface area (Å²) in [5, 5.41) is 3.42. The predicted molar refractivity (Wildman–Crippen MR) is 78.4 cm³/mol. The number of benzene rings is 1. The highest BCUT2D eigenvalue weighted by Crippen LogP contribution is 2.27. The molecule has 1 aromatic rings. The number of nitrogens with one attached hydrogen (secondary N) is 1. The molecule has 0 saturated heterocycles. The molecule has 1 rings (SSSR count). The second-order valence-corrected chi connectivity index (χ2v) is 5.32. The third-order valence-corrected chi connectivity index (χ3v) is 3.11. The average Bonchev–Trinajstić information content (AvgIpc) is 2.29. The van der Waals surface area contributed by atoms with Gasteiger partial charge in [-0.05, 0) is 44.4 Å². The zero-order valence-electron chi connectivity index (χ0n) is 12.4. The van der Waals surface area contributed by atoms with Gasteiger partial charge in [0.1, 0.15) is 5.75 Å². The van der Waals surface area contributed by atoms with E-state index in [0.29, 0.717) is 12.0 Å². The normalized spacial score (nSPS) is 14.6. The lowest BCUT2D eigenvalue weighted by atomic mass is 10.0. The van der Waals surface area contributed by atoms with Gasteiger partial charge in [0, 0.05) is 6.04 Å². The fourth-order valence-electron chi connectivity index (χ4n) is 2.26. The molecule has 0 fully saturated rings. The summed E-state index contributed by atoms with van der Waals surface area (Å²) < 4.78 is 6.08. The van der Waals surface area contributed by atoms with Crippen LogP contribution in [0.5, 0.6) is 5.75 Å². The molecule has 0 radical (unpaired) electrons. The van der Waals surface area contributed by atoms with Crippen molar-refractivity contribution in [2.45, 2.75) is 59.1 Å². The van der Waals surface area contributed by atoms with Crippen LogP contribution in [0.1, 0.15) is 52.5 Å². The molecule has 2 heteroatoms. The fourth-order valence-corrected chi connectivity index (χ4v) is 2.26. The van der Waals surface area contributed by atoms with Crippen molar-refractivity contribution >= 4 is 0 Å².